The largest absolute Gasteiger partial charge is 0.489 e. The lowest BCUT2D eigenvalue weighted by atomic mass is 10.0. The first-order valence-corrected chi connectivity index (χ1v) is 11.5. The second kappa shape index (κ2) is 10.2. The maximum Gasteiger partial charge on any atom is 0.335 e. The van der Waals surface area contributed by atoms with Crippen LogP contribution in [-0.2, 0) is 19.6 Å². The van der Waals surface area contributed by atoms with Gasteiger partial charge in [0.05, 0.1) is 5.56 Å². The third-order valence-electron chi connectivity index (χ3n) is 5.12. The number of carboxylic acid groups (broad SMARTS) is 1. The summed E-state index contributed by atoms with van der Waals surface area (Å²) in [5.41, 5.74) is 4.88. The van der Waals surface area contributed by atoms with E-state index in [1.165, 1.54) is 20.9 Å². The van der Waals surface area contributed by atoms with E-state index < -0.39 is 5.97 Å². The van der Waals surface area contributed by atoms with E-state index in [2.05, 4.69) is 35.1 Å². The van der Waals surface area contributed by atoms with Crippen molar-refractivity contribution < 1.29 is 14.6 Å². The quantitative estimate of drug-likeness (QED) is 0.361. The molecule has 0 aliphatic heterocycles. The van der Waals surface area contributed by atoms with Crippen LogP contribution in [0.4, 0.5) is 0 Å². The first kappa shape index (κ1) is 22.5. The van der Waals surface area contributed by atoms with E-state index in [-0.39, 0.29) is 0 Å². The number of nitrogens with one attached hydrogen (secondary N) is 1. The van der Waals surface area contributed by atoms with Gasteiger partial charge in [0.25, 0.3) is 0 Å². The Morgan fingerprint density at radius 2 is 1.77 bits per heavy atom. The fraction of sp³-hybridized carbons (Fsp3) is 0.292. The summed E-state index contributed by atoms with van der Waals surface area (Å²) in [7, 11) is 0. The van der Waals surface area contributed by atoms with E-state index in [1.54, 1.807) is 6.07 Å². The maximum absolute atomic E-state index is 11.1. The lowest BCUT2D eigenvalue weighted by Crippen LogP contribution is -2.18. The van der Waals surface area contributed by atoms with E-state index in [4.69, 9.17) is 9.84 Å². The highest BCUT2D eigenvalue weighted by atomic mass is 79.9. The Bertz CT molecular complexity index is 1030. The van der Waals surface area contributed by atoms with Gasteiger partial charge in [0.15, 0.2) is 0 Å². The van der Waals surface area contributed by atoms with Crippen LogP contribution in [0.3, 0.4) is 0 Å². The molecule has 30 heavy (non-hydrogen) atoms. The second-order valence-electron chi connectivity index (χ2n) is 7.30. The van der Waals surface area contributed by atoms with Gasteiger partial charge in [0.2, 0.25) is 0 Å². The molecule has 0 amide bonds. The number of aryl methyl sites for hydroxylation is 3. The highest BCUT2D eigenvalue weighted by molar-refractivity contribution is 9.10. The molecule has 2 aromatic carbocycles. The van der Waals surface area contributed by atoms with Gasteiger partial charge < -0.3 is 15.2 Å². The van der Waals surface area contributed by atoms with Crippen molar-refractivity contribution in [2.75, 3.05) is 6.54 Å². The fourth-order valence-electron chi connectivity index (χ4n) is 3.50. The highest BCUT2D eigenvalue weighted by Crippen LogP contribution is 2.29. The van der Waals surface area contributed by atoms with E-state index in [9.17, 15) is 4.79 Å². The molecule has 1 heterocycles. The van der Waals surface area contributed by atoms with E-state index in [0.717, 1.165) is 34.3 Å². The van der Waals surface area contributed by atoms with Crippen molar-refractivity contribution in [2.24, 2.45) is 0 Å². The predicted molar refractivity (Wildman–Crippen MR) is 126 cm³/mol. The standard InChI is InChI=1S/C24H26BrNO3S/c1-15-12-18(4-9-21(15)24(27)28)13-26-11-10-22-16(2)30-17(3)23(22)14-29-20-7-5-19(25)6-8-20/h4-9,12,26H,10-11,13-14H2,1-3H3,(H,27,28). The summed E-state index contributed by atoms with van der Waals surface area (Å²) >= 11 is 5.27. The van der Waals surface area contributed by atoms with Gasteiger partial charge in [0.1, 0.15) is 12.4 Å². The Kier molecular flexibility index (Phi) is 7.69. The van der Waals surface area contributed by atoms with Crippen LogP contribution in [0.5, 0.6) is 5.75 Å². The van der Waals surface area contributed by atoms with Crippen molar-refractivity contribution in [3.63, 3.8) is 0 Å². The molecule has 2 N–H and O–H groups in total. The lowest BCUT2D eigenvalue weighted by molar-refractivity contribution is 0.0696. The highest BCUT2D eigenvalue weighted by Gasteiger charge is 2.14. The number of carboxylic acids is 1. The molecule has 3 aromatic rings. The predicted octanol–water partition coefficient (Wildman–Crippen LogP) is 6.05. The minimum absolute atomic E-state index is 0.360. The van der Waals surface area contributed by atoms with Crippen LogP contribution in [-0.4, -0.2) is 17.6 Å². The molecule has 0 aliphatic rings. The third kappa shape index (κ3) is 5.72. The summed E-state index contributed by atoms with van der Waals surface area (Å²) in [4.78, 5) is 13.8. The average Bonchev–Trinajstić information content (AvgIpc) is 2.97. The number of ether oxygens (including phenoxy) is 1. The number of hydrogen-bond acceptors (Lipinski definition) is 4. The molecule has 0 fully saturated rings. The summed E-state index contributed by atoms with van der Waals surface area (Å²) in [6.07, 6.45) is 0.932. The van der Waals surface area contributed by atoms with Crippen molar-refractivity contribution in [3.05, 3.63) is 84.5 Å². The van der Waals surface area contributed by atoms with Crippen molar-refractivity contribution in [1.29, 1.82) is 0 Å². The number of rotatable bonds is 9. The van der Waals surface area contributed by atoms with Crippen molar-refractivity contribution in [2.45, 2.75) is 40.3 Å². The molecule has 0 spiro atoms. The summed E-state index contributed by atoms with van der Waals surface area (Å²) in [5.74, 6) is -0.0149. The molecular formula is C24H26BrNO3S. The van der Waals surface area contributed by atoms with Gasteiger partial charge in [-0.1, -0.05) is 28.1 Å². The molecule has 158 valence electrons. The molecule has 0 bridgehead atoms. The number of thiophene rings is 1. The van der Waals surface area contributed by atoms with E-state index in [1.807, 2.05) is 54.7 Å². The van der Waals surface area contributed by atoms with Crippen molar-refractivity contribution in [3.8, 4) is 5.75 Å². The zero-order valence-electron chi connectivity index (χ0n) is 17.4. The Morgan fingerprint density at radius 1 is 1.07 bits per heavy atom. The second-order valence-corrected chi connectivity index (χ2v) is 9.64. The van der Waals surface area contributed by atoms with Gasteiger partial charge in [-0.25, -0.2) is 4.79 Å². The van der Waals surface area contributed by atoms with E-state index in [0.29, 0.717) is 18.7 Å². The van der Waals surface area contributed by atoms with Gasteiger partial charge in [-0.2, -0.15) is 0 Å². The minimum atomic E-state index is -0.881. The number of carbonyl (C=O) groups is 1. The van der Waals surface area contributed by atoms with Crippen LogP contribution >= 0.6 is 27.3 Å². The molecule has 0 unspecified atom stereocenters. The fourth-order valence-corrected chi connectivity index (χ4v) is 4.88. The van der Waals surface area contributed by atoms with Gasteiger partial charge in [-0.05, 0) is 80.8 Å². The number of benzene rings is 2. The summed E-state index contributed by atoms with van der Waals surface area (Å²) in [6.45, 7) is 8.30. The lowest BCUT2D eigenvalue weighted by Gasteiger charge is -2.11. The van der Waals surface area contributed by atoms with Crippen LogP contribution < -0.4 is 10.1 Å². The first-order valence-electron chi connectivity index (χ1n) is 9.84. The molecule has 1 aromatic heterocycles. The maximum atomic E-state index is 11.1. The smallest absolute Gasteiger partial charge is 0.335 e. The van der Waals surface area contributed by atoms with Crippen LogP contribution in [0.1, 0.15) is 42.4 Å². The van der Waals surface area contributed by atoms with Gasteiger partial charge in [-0.15, -0.1) is 11.3 Å². The van der Waals surface area contributed by atoms with Crippen LogP contribution in [0.25, 0.3) is 0 Å². The summed E-state index contributed by atoms with van der Waals surface area (Å²) in [6, 6.07) is 13.4. The first-order chi connectivity index (χ1) is 14.3. The number of hydrogen-bond donors (Lipinski definition) is 2. The molecule has 3 rings (SSSR count). The molecule has 0 atom stereocenters. The minimum Gasteiger partial charge on any atom is -0.489 e. The van der Waals surface area contributed by atoms with Crippen LogP contribution in [0, 0.1) is 20.8 Å². The molecular weight excluding hydrogens is 462 g/mol. The Morgan fingerprint density at radius 3 is 2.43 bits per heavy atom. The normalized spacial score (nSPS) is 10.9. The molecule has 0 radical (unpaired) electrons. The zero-order valence-corrected chi connectivity index (χ0v) is 19.8. The summed E-state index contributed by atoms with van der Waals surface area (Å²) in [5, 5.41) is 12.6. The molecule has 6 heteroatoms. The summed E-state index contributed by atoms with van der Waals surface area (Å²) < 4.78 is 7.06. The molecule has 0 saturated carbocycles. The topological polar surface area (TPSA) is 58.6 Å². The Hall–Kier alpha value is -2.15. The van der Waals surface area contributed by atoms with Gasteiger partial charge in [0, 0.05) is 26.3 Å². The Labute approximate surface area is 190 Å². The van der Waals surface area contributed by atoms with Crippen LogP contribution in [0.15, 0.2) is 46.9 Å². The van der Waals surface area contributed by atoms with Crippen molar-refractivity contribution >= 4 is 33.2 Å². The monoisotopic (exact) mass is 487 g/mol. The number of halogens is 1. The molecule has 0 aliphatic carbocycles. The SMILES string of the molecule is Cc1cc(CNCCc2c(C)sc(C)c2COc2ccc(Br)cc2)ccc1C(=O)O. The molecule has 4 nitrogen and oxygen atoms in total. The van der Waals surface area contributed by atoms with Crippen molar-refractivity contribution in [1.82, 2.24) is 5.32 Å². The average molecular weight is 488 g/mol. The third-order valence-corrected chi connectivity index (χ3v) is 6.75. The zero-order chi connectivity index (χ0) is 21.7. The Balaban J connectivity index is 1.57. The van der Waals surface area contributed by atoms with Crippen LogP contribution in [0.2, 0.25) is 0 Å². The van der Waals surface area contributed by atoms with E-state index >= 15 is 0 Å². The molecule has 0 saturated heterocycles. The number of aromatic carboxylic acids is 1. The van der Waals surface area contributed by atoms with Gasteiger partial charge in [-0.3, -0.25) is 0 Å². The van der Waals surface area contributed by atoms with Gasteiger partial charge >= 0.3 is 5.97 Å².